The van der Waals surface area contributed by atoms with Crippen LogP contribution in [0.1, 0.15) is 13.3 Å². The molecule has 0 unspecified atom stereocenters. The number of rotatable bonds is 4. The van der Waals surface area contributed by atoms with E-state index in [-0.39, 0.29) is 10.6 Å². The van der Waals surface area contributed by atoms with Crippen LogP contribution in [0, 0.1) is 4.91 Å². The first-order chi connectivity index (χ1) is 6.24. The molecule has 2 N–H and O–H groups in total. The molecule has 0 spiro atoms. The molecule has 0 aliphatic carbocycles. The van der Waals surface area contributed by atoms with Crippen LogP contribution >= 0.6 is 0 Å². The minimum absolute atomic E-state index is 0.149. The van der Waals surface area contributed by atoms with Gasteiger partial charge in [0.2, 0.25) is 0 Å². The molecule has 0 saturated heterocycles. The van der Waals surface area contributed by atoms with Crippen LogP contribution in [-0.4, -0.2) is 16.7 Å². The first kappa shape index (κ1) is 9.51. The molecule has 1 rings (SSSR count). The molecule has 4 nitrogen and oxygen atoms in total. The minimum atomic E-state index is -0.149. The van der Waals surface area contributed by atoms with Gasteiger partial charge >= 0.3 is 5.69 Å². The third kappa shape index (κ3) is 2.74. The van der Waals surface area contributed by atoms with Gasteiger partial charge < -0.3 is 5.32 Å². The Hall–Kier alpha value is -1.58. The van der Waals surface area contributed by atoms with Gasteiger partial charge in [0.05, 0.1) is 4.91 Å². The highest BCUT2D eigenvalue weighted by atomic mass is 16.6. The van der Waals surface area contributed by atoms with Gasteiger partial charge in [-0.15, -0.1) is 0 Å². The molecular weight excluding hydrogens is 168 g/mol. The standard InChI is InChI=1S/C9H13N2O2/c1-2-7-10-8-3-5-9(6-4-8)11(12)13/h3-6,10H,2,7H2,1H3,(H,12,13)/q+1. The van der Waals surface area contributed by atoms with Crippen LogP contribution in [0.5, 0.6) is 0 Å². The third-order valence-electron chi connectivity index (χ3n) is 1.67. The van der Waals surface area contributed by atoms with Crippen LogP contribution in [0.25, 0.3) is 0 Å². The van der Waals surface area contributed by atoms with E-state index in [1.807, 2.05) is 0 Å². The van der Waals surface area contributed by atoms with Crippen LogP contribution in [0.15, 0.2) is 24.3 Å². The second-order valence-corrected chi connectivity index (χ2v) is 2.75. The molecule has 70 valence electrons. The van der Waals surface area contributed by atoms with Crippen LogP contribution in [0.4, 0.5) is 11.4 Å². The Labute approximate surface area is 76.7 Å². The molecule has 0 aliphatic heterocycles. The van der Waals surface area contributed by atoms with Crippen molar-refractivity contribution in [2.75, 3.05) is 11.9 Å². The van der Waals surface area contributed by atoms with E-state index in [0.717, 1.165) is 18.7 Å². The molecular formula is C9H13N2O2+. The van der Waals surface area contributed by atoms with Gasteiger partial charge in [0, 0.05) is 24.4 Å². The number of anilines is 1. The maximum atomic E-state index is 10.4. The lowest BCUT2D eigenvalue weighted by Crippen LogP contribution is -1.99. The van der Waals surface area contributed by atoms with Crippen molar-refractivity contribution < 1.29 is 10.1 Å². The molecule has 0 radical (unpaired) electrons. The molecule has 1 aromatic rings. The van der Waals surface area contributed by atoms with Crippen molar-refractivity contribution in [1.82, 2.24) is 0 Å². The number of nitrogens with zero attached hydrogens (tertiary/aromatic N) is 1. The van der Waals surface area contributed by atoms with Crippen LogP contribution in [0.2, 0.25) is 0 Å². The average molecular weight is 181 g/mol. The Morgan fingerprint density at radius 3 is 2.46 bits per heavy atom. The summed E-state index contributed by atoms with van der Waals surface area (Å²) in [5.41, 5.74) is 1.19. The predicted molar refractivity (Wildman–Crippen MR) is 50.3 cm³/mol. The van der Waals surface area contributed by atoms with Crippen molar-refractivity contribution in [2.24, 2.45) is 0 Å². The summed E-state index contributed by atoms with van der Waals surface area (Å²) in [6, 6.07) is 6.63. The largest absolute Gasteiger partial charge is 0.385 e. The molecule has 0 heterocycles. The van der Waals surface area contributed by atoms with Gasteiger partial charge in [-0.2, -0.15) is 0 Å². The molecule has 4 heteroatoms. The fourth-order valence-electron chi connectivity index (χ4n) is 0.976. The van der Waals surface area contributed by atoms with Crippen LogP contribution < -0.4 is 5.32 Å². The summed E-state index contributed by atoms with van der Waals surface area (Å²) in [6.07, 6.45) is 1.05. The molecule has 0 aromatic heterocycles. The van der Waals surface area contributed by atoms with Crippen molar-refractivity contribution >= 4 is 11.4 Å². The monoisotopic (exact) mass is 181 g/mol. The molecule has 0 bridgehead atoms. The van der Waals surface area contributed by atoms with Gasteiger partial charge in [0.15, 0.2) is 0 Å². The Kier molecular flexibility index (Phi) is 3.25. The van der Waals surface area contributed by atoms with E-state index in [1.54, 1.807) is 24.3 Å². The highest BCUT2D eigenvalue weighted by Gasteiger charge is 2.08. The summed E-state index contributed by atoms with van der Waals surface area (Å²) in [4.78, 5) is 10.3. The fourth-order valence-corrected chi connectivity index (χ4v) is 0.976. The van der Waals surface area contributed by atoms with Gasteiger partial charge in [-0.1, -0.05) is 6.92 Å². The normalized spacial score (nSPS) is 9.62. The zero-order valence-electron chi connectivity index (χ0n) is 7.53. The quantitative estimate of drug-likeness (QED) is 0.701. The molecule has 13 heavy (non-hydrogen) atoms. The van der Waals surface area contributed by atoms with E-state index in [1.165, 1.54) is 0 Å². The second kappa shape index (κ2) is 4.45. The van der Waals surface area contributed by atoms with E-state index in [2.05, 4.69) is 12.2 Å². The van der Waals surface area contributed by atoms with Gasteiger partial charge in [0.25, 0.3) is 4.92 Å². The molecule has 0 atom stereocenters. The Balaban J connectivity index is 2.64. The number of hydrogen-bond donors (Lipinski definition) is 2. The lowest BCUT2D eigenvalue weighted by molar-refractivity contribution is -0.729. The lowest BCUT2D eigenvalue weighted by atomic mass is 10.3. The maximum absolute atomic E-state index is 10.4. The van der Waals surface area contributed by atoms with Crippen molar-refractivity contribution in [3.63, 3.8) is 0 Å². The SMILES string of the molecule is CCCNc1ccc([N+](=O)O)cc1. The summed E-state index contributed by atoms with van der Waals surface area (Å²) >= 11 is 0. The zero-order valence-corrected chi connectivity index (χ0v) is 7.53. The van der Waals surface area contributed by atoms with E-state index < -0.39 is 0 Å². The van der Waals surface area contributed by atoms with Crippen molar-refractivity contribution in [3.05, 3.63) is 29.2 Å². The Bertz CT molecular complexity index is 282. The van der Waals surface area contributed by atoms with Crippen LogP contribution in [-0.2, 0) is 0 Å². The summed E-state index contributed by atoms with van der Waals surface area (Å²) in [7, 11) is 0. The Morgan fingerprint density at radius 1 is 1.38 bits per heavy atom. The highest BCUT2D eigenvalue weighted by Crippen LogP contribution is 2.14. The fraction of sp³-hybridized carbons (Fsp3) is 0.333. The van der Waals surface area contributed by atoms with E-state index >= 15 is 0 Å². The first-order valence-electron chi connectivity index (χ1n) is 4.24. The van der Waals surface area contributed by atoms with Crippen molar-refractivity contribution in [1.29, 1.82) is 0 Å². The predicted octanol–water partition coefficient (Wildman–Crippen LogP) is 2.31. The van der Waals surface area contributed by atoms with Gasteiger partial charge in [-0.25, -0.2) is 5.21 Å². The smallest absolute Gasteiger partial charge is 0.316 e. The number of benzene rings is 1. The highest BCUT2D eigenvalue weighted by molar-refractivity contribution is 5.48. The molecule has 0 fully saturated rings. The first-order valence-corrected chi connectivity index (χ1v) is 4.24. The minimum Gasteiger partial charge on any atom is -0.385 e. The van der Waals surface area contributed by atoms with Crippen molar-refractivity contribution in [3.8, 4) is 0 Å². The van der Waals surface area contributed by atoms with E-state index in [4.69, 9.17) is 5.21 Å². The van der Waals surface area contributed by atoms with Gasteiger partial charge in [-0.3, -0.25) is 0 Å². The lowest BCUT2D eigenvalue weighted by Gasteiger charge is -2.01. The topological polar surface area (TPSA) is 52.3 Å². The zero-order chi connectivity index (χ0) is 9.68. The number of hydrogen-bond acceptors (Lipinski definition) is 2. The summed E-state index contributed by atoms with van der Waals surface area (Å²) in [6.45, 7) is 2.98. The van der Waals surface area contributed by atoms with Gasteiger partial charge in [0.1, 0.15) is 0 Å². The molecule has 0 aliphatic rings. The molecule has 0 saturated carbocycles. The van der Waals surface area contributed by atoms with Crippen LogP contribution in [0.3, 0.4) is 0 Å². The second-order valence-electron chi connectivity index (χ2n) is 2.75. The van der Waals surface area contributed by atoms with E-state index in [9.17, 15) is 4.91 Å². The summed E-state index contributed by atoms with van der Waals surface area (Å²) in [5, 5.41) is 11.7. The summed E-state index contributed by atoms with van der Waals surface area (Å²) < 4.78 is 0. The van der Waals surface area contributed by atoms with Gasteiger partial charge in [-0.05, 0) is 18.6 Å². The maximum Gasteiger partial charge on any atom is 0.316 e. The van der Waals surface area contributed by atoms with E-state index in [0.29, 0.717) is 0 Å². The number of nitrogens with one attached hydrogen (secondary N) is 1. The third-order valence-corrected chi connectivity index (χ3v) is 1.67. The Morgan fingerprint density at radius 2 is 2.00 bits per heavy atom. The molecule has 0 amide bonds. The molecule has 1 aromatic carbocycles. The summed E-state index contributed by atoms with van der Waals surface area (Å²) in [5.74, 6) is 0. The average Bonchev–Trinajstić information content (AvgIpc) is 2.15. The van der Waals surface area contributed by atoms with Crippen molar-refractivity contribution in [2.45, 2.75) is 13.3 Å².